The van der Waals surface area contributed by atoms with E-state index in [9.17, 15) is 0 Å². The van der Waals surface area contributed by atoms with E-state index in [-0.39, 0.29) is 0 Å². The minimum absolute atomic E-state index is 1.08. The van der Waals surface area contributed by atoms with Crippen LogP contribution < -0.4 is 0 Å². The Morgan fingerprint density at radius 1 is 0.481 bits per heavy atom. The van der Waals surface area contributed by atoms with E-state index in [4.69, 9.17) is 0 Å². The van der Waals surface area contributed by atoms with Crippen LogP contribution in [0.1, 0.15) is 18.9 Å². The Morgan fingerprint density at radius 2 is 0.889 bits per heavy atom. The molecule has 0 aromatic heterocycles. The van der Waals surface area contributed by atoms with Crippen LogP contribution in [0.5, 0.6) is 0 Å². The van der Waals surface area contributed by atoms with Crippen LogP contribution in [0.15, 0.2) is 103 Å². The molecule has 0 bridgehead atoms. The van der Waals surface area contributed by atoms with Gasteiger partial charge in [-0.2, -0.15) is 0 Å². The van der Waals surface area contributed by atoms with E-state index in [0.717, 1.165) is 12.8 Å². The van der Waals surface area contributed by atoms with Gasteiger partial charge in [0.05, 0.1) is 0 Å². The van der Waals surface area contributed by atoms with E-state index >= 15 is 0 Å². The number of rotatable bonds is 5. The molecule has 0 aliphatic carbocycles. The molecule has 0 saturated heterocycles. The lowest BCUT2D eigenvalue weighted by molar-refractivity contribution is 0.924. The summed E-state index contributed by atoms with van der Waals surface area (Å²) in [6.07, 6.45) is 2.22. The van der Waals surface area contributed by atoms with Crippen molar-refractivity contribution in [1.29, 1.82) is 0 Å². The Kier molecular flexibility index (Phi) is 5.16. The summed E-state index contributed by atoms with van der Waals surface area (Å²) < 4.78 is 0. The molecule has 0 amide bonds. The molecule has 0 nitrogen and oxygen atoms in total. The van der Waals surface area contributed by atoms with Gasteiger partial charge < -0.3 is 0 Å². The predicted molar refractivity (Wildman–Crippen MR) is 117 cm³/mol. The van der Waals surface area contributed by atoms with Crippen molar-refractivity contribution in [3.63, 3.8) is 0 Å². The van der Waals surface area contributed by atoms with Gasteiger partial charge in [0.2, 0.25) is 0 Å². The fourth-order valence-corrected chi connectivity index (χ4v) is 3.72. The molecule has 0 fully saturated rings. The van der Waals surface area contributed by atoms with Crippen LogP contribution in [0.4, 0.5) is 0 Å². The molecular formula is C27H24. The van der Waals surface area contributed by atoms with E-state index in [1.807, 2.05) is 0 Å². The summed E-state index contributed by atoms with van der Waals surface area (Å²) in [5.74, 6) is 0. The third kappa shape index (κ3) is 3.71. The van der Waals surface area contributed by atoms with Crippen LogP contribution in [0.25, 0.3) is 33.4 Å². The van der Waals surface area contributed by atoms with Gasteiger partial charge in [-0.1, -0.05) is 104 Å². The molecule has 132 valence electrons. The summed E-state index contributed by atoms with van der Waals surface area (Å²) in [5, 5.41) is 0. The summed E-state index contributed by atoms with van der Waals surface area (Å²) in [6.45, 7) is 2.25. The summed E-state index contributed by atoms with van der Waals surface area (Å²) in [6, 6.07) is 37.0. The van der Waals surface area contributed by atoms with E-state index in [1.165, 1.54) is 38.9 Å². The third-order valence-corrected chi connectivity index (χ3v) is 5.02. The third-order valence-electron chi connectivity index (χ3n) is 5.02. The highest BCUT2D eigenvalue weighted by atomic mass is 14.2. The average Bonchev–Trinajstić information content (AvgIpc) is 2.75. The zero-order valence-electron chi connectivity index (χ0n) is 15.7. The van der Waals surface area contributed by atoms with Gasteiger partial charge >= 0.3 is 0 Å². The van der Waals surface area contributed by atoms with Crippen LogP contribution in [-0.2, 0) is 6.42 Å². The summed E-state index contributed by atoms with van der Waals surface area (Å²) in [7, 11) is 0. The predicted octanol–water partition coefficient (Wildman–Crippen LogP) is 7.64. The summed E-state index contributed by atoms with van der Waals surface area (Å²) in [4.78, 5) is 0. The van der Waals surface area contributed by atoms with Gasteiger partial charge in [-0.3, -0.25) is 0 Å². The Bertz CT molecular complexity index is 1000. The second-order valence-electron chi connectivity index (χ2n) is 6.90. The molecule has 0 heteroatoms. The van der Waals surface area contributed by atoms with Gasteiger partial charge in [-0.05, 0) is 57.5 Å². The molecule has 0 unspecified atom stereocenters. The first-order valence-corrected chi connectivity index (χ1v) is 9.70. The summed E-state index contributed by atoms with van der Waals surface area (Å²) in [5.41, 5.74) is 9.19. The highest BCUT2D eigenvalue weighted by Crippen LogP contribution is 2.38. The molecule has 0 atom stereocenters. The smallest absolute Gasteiger partial charge is 0.00990 e. The minimum atomic E-state index is 1.08. The molecule has 4 aromatic carbocycles. The van der Waals surface area contributed by atoms with Crippen LogP contribution >= 0.6 is 0 Å². The molecule has 0 spiro atoms. The quantitative estimate of drug-likeness (QED) is 0.347. The zero-order chi connectivity index (χ0) is 18.5. The Hall–Kier alpha value is -3.12. The monoisotopic (exact) mass is 348 g/mol. The SMILES string of the molecule is CCCc1cc(-c2ccccc2)c(-c2ccccc2)cc1-c1ccccc1. The number of benzene rings is 4. The molecule has 4 aromatic rings. The minimum Gasteiger partial charge on any atom is -0.0651 e. The normalized spacial score (nSPS) is 10.7. The van der Waals surface area contributed by atoms with Gasteiger partial charge in [0, 0.05) is 0 Å². The second-order valence-corrected chi connectivity index (χ2v) is 6.90. The van der Waals surface area contributed by atoms with Gasteiger partial charge in [-0.25, -0.2) is 0 Å². The first kappa shape index (κ1) is 17.3. The van der Waals surface area contributed by atoms with Crippen LogP contribution in [0, 0.1) is 0 Å². The topological polar surface area (TPSA) is 0 Å². The van der Waals surface area contributed by atoms with Crippen molar-refractivity contribution in [2.24, 2.45) is 0 Å². The van der Waals surface area contributed by atoms with Crippen molar-refractivity contribution in [3.05, 3.63) is 109 Å². The van der Waals surface area contributed by atoms with Crippen molar-refractivity contribution in [2.75, 3.05) is 0 Å². The van der Waals surface area contributed by atoms with Crippen molar-refractivity contribution >= 4 is 0 Å². The fraction of sp³-hybridized carbons (Fsp3) is 0.111. The van der Waals surface area contributed by atoms with E-state index in [2.05, 4.69) is 110 Å². The largest absolute Gasteiger partial charge is 0.0651 e. The lowest BCUT2D eigenvalue weighted by Crippen LogP contribution is -1.95. The van der Waals surface area contributed by atoms with Crippen molar-refractivity contribution in [2.45, 2.75) is 19.8 Å². The Balaban J connectivity index is 1.99. The molecule has 0 N–H and O–H groups in total. The average molecular weight is 348 g/mol. The van der Waals surface area contributed by atoms with Gasteiger partial charge in [-0.15, -0.1) is 0 Å². The standard InChI is InChI=1S/C27H24/c1-2-12-24-19-26(22-15-8-4-9-16-22)27(23-17-10-5-11-18-23)20-25(24)21-13-6-3-7-14-21/h3-11,13-20H,2,12H2,1H3. The van der Waals surface area contributed by atoms with Crippen molar-refractivity contribution in [1.82, 2.24) is 0 Å². The summed E-state index contributed by atoms with van der Waals surface area (Å²) >= 11 is 0. The molecular weight excluding hydrogens is 324 g/mol. The molecule has 0 aliphatic rings. The van der Waals surface area contributed by atoms with E-state index < -0.39 is 0 Å². The van der Waals surface area contributed by atoms with Gasteiger partial charge in [0.1, 0.15) is 0 Å². The molecule has 4 rings (SSSR count). The fourth-order valence-electron chi connectivity index (χ4n) is 3.72. The number of hydrogen-bond donors (Lipinski definition) is 0. The number of hydrogen-bond acceptors (Lipinski definition) is 0. The first-order chi connectivity index (χ1) is 13.4. The maximum Gasteiger partial charge on any atom is -0.00990 e. The Morgan fingerprint density at radius 3 is 1.33 bits per heavy atom. The van der Waals surface area contributed by atoms with E-state index in [1.54, 1.807) is 0 Å². The van der Waals surface area contributed by atoms with Crippen molar-refractivity contribution < 1.29 is 0 Å². The lowest BCUT2D eigenvalue weighted by Gasteiger charge is -2.17. The highest BCUT2D eigenvalue weighted by molar-refractivity contribution is 5.88. The molecule has 0 aliphatic heterocycles. The highest BCUT2D eigenvalue weighted by Gasteiger charge is 2.14. The van der Waals surface area contributed by atoms with Crippen LogP contribution in [-0.4, -0.2) is 0 Å². The lowest BCUT2D eigenvalue weighted by atomic mass is 9.86. The number of aryl methyl sites for hydroxylation is 1. The van der Waals surface area contributed by atoms with Crippen molar-refractivity contribution in [3.8, 4) is 33.4 Å². The van der Waals surface area contributed by atoms with Gasteiger partial charge in [0.25, 0.3) is 0 Å². The molecule has 0 radical (unpaired) electrons. The maximum absolute atomic E-state index is 2.41. The second kappa shape index (κ2) is 8.05. The maximum atomic E-state index is 2.41. The van der Waals surface area contributed by atoms with E-state index in [0.29, 0.717) is 0 Å². The van der Waals surface area contributed by atoms with Gasteiger partial charge in [0.15, 0.2) is 0 Å². The molecule has 0 heterocycles. The van der Waals surface area contributed by atoms with Crippen LogP contribution in [0.3, 0.4) is 0 Å². The first-order valence-electron chi connectivity index (χ1n) is 9.70. The Labute approximate surface area is 162 Å². The molecule has 27 heavy (non-hydrogen) atoms. The van der Waals surface area contributed by atoms with Crippen LogP contribution in [0.2, 0.25) is 0 Å². The zero-order valence-corrected chi connectivity index (χ0v) is 15.7. The molecule has 0 saturated carbocycles.